The van der Waals surface area contributed by atoms with Gasteiger partial charge in [-0.15, -0.1) is 10.2 Å². The fourth-order valence-electron chi connectivity index (χ4n) is 1.50. The van der Waals surface area contributed by atoms with E-state index < -0.39 is 5.25 Å². The maximum absolute atomic E-state index is 12.2. The second kappa shape index (κ2) is 6.68. The lowest BCUT2D eigenvalue weighted by atomic mass is 10.3. The van der Waals surface area contributed by atoms with Crippen LogP contribution in [0.5, 0.6) is 0 Å². The van der Waals surface area contributed by atoms with Gasteiger partial charge in [0.1, 0.15) is 10.8 Å². The van der Waals surface area contributed by atoms with Crippen LogP contribution in [-0.4, -0.2) is 31.3 Å². The molecule has 2 heterocycles. The first kappa shape index (κ1) is 15.4. The van der Waals surface area contributed by atoms with Crippen LogP contribution in [0, 0.1) is 6.92 Å². The topological polar surface area (TPSA) is 127 Å². The first-order chi connectivity index (χ1) is 9.97. The Kier molecular flexibility index (Phi) is 4.91. The summed E-state index contributed by atoms with van der Waals surface area (Å²) in [5.41, 5.74) is 5.17. The number of aromatic nitrogens is 4. The van der Waals surface area contributed by atoms with Crippen LogP contribution >= 0.6 is 23.1 Å². The second-order valence-electron chi connectivity index (χ2n) is 4.11. The van der Waals surface area contributed by atoms with Gasteiger partial charge in [0.15, 0.2) is 5.16 Å². The summed E-state index contributed by atoms with van der Waals surface area (Å²) < 4.78 is 0. The molecule has 0 aromatic carbocycles. The smallest absolute Gasteiger partial charge is 0.253 e. The number of aryl methyl sites for hydroxylation is 1. The molecule has 2 aromatic heterocycles. The number of thioether (sulfide) groups is 1. The molecule has 112 valence electrons. The van der Waals surface area contributed by atoms with Crippen LogP contribution in [0.4, 0.5) is 10.9 Å². The van der Waals surface area contributed by atoms with E-state index in [0.717, 1.165) is 16.8 Å². The molecule has 0 aliphatic carbocycles. The summed E-state index contributed by atoms with van der Waals surface area (Å²) in [5, 5.41) is 11.5. The number of anilines is 2. The van der Waals surface area contributed by atoms with Gasteiger partial charge in [0.2, 0.25) is 11.0 Å². The fraction of sp³-hybridized carbons (Fsp3) is 0.364. The van der Waals surface area contributed by atoms with Crippen molar-refractivity contribution in [3.05, 3.63) is 21.4 Å². The molecule has 0 saturated carbocycles. The predicted octanol–water partition coefficient (Wildman–Crippen LogP) is 1.02. The van der Waals surface area contributed by atoms with E-state index in [4.69, 9.17) is 5.73 Å². The molecule has 0 bridgehead atoms. The van der Waals surface area contributed by atoms with Crippen molar-refractivity contribution in [2.75, 3.05) is 11.1 Å². The molecule has 8 nitrogen and oxygen atoms in total. The van der Waals surface area contributed by atoms with E-state index in [-0.39, 0.29) is 17.3 Å². The van der Waals surface area contributed by atoms with Crippen molar-refractivity contribution in [1.82, 2.24) is 20.2 Å². The summed E-state index contributed by atoms with van der Waals surface area (Å²) in [6.45, 7) is 3.67. The summed E-state index contributed by atoms with van der Waals surface area (Å²) in [7, 11) is 0. The molecule has 10 heteroatoms. The third kappa shape index (κ3) is 4.26. The zero-order valence-electron chi connectivity index (χ0n) is 11.4. The summed E-state index contributed by atoms with van der Waals surface area (Å²) in [5.74, 6) is -0.0972. The number of rotatable bonds is 5. The largest absolute Gasteiger partial charge is 0.383 e. The Morgan fingerprint density at radius 1 is 1.57 bits per heavy atom. The molecule has 0 fully saturated rings. The Labute approximate surface area is 128 Å². The molecular weight excluding hydrogens is 312 g/mol. The Bertz CT molecular complexity index is 698. The minimum absolute atomic E-state index is 0.122. The zero-order chi connectivity index (χ0) is 15.4. The number of nitrogens with zero attached hydrogens (tertiary/aromatic N) is 3. The molecular formula is C11H14N6O2S2. The van der Waals surface area contributed by atoms with Gasteiger partial charge in [-0.2, -0.15) is 0 Å². The number of carbonyl (C=O) groups is 1. The SMILES string of the molecule is CC[C@H](Sc1nc(N)cc(=O)[nH]1)C(=O)Nc1nnc(C)s1. The van der Waals surface area contributed by atoms with Gasteiger partial charge in [0.25, 0.3) is 5.56 Å². The van der Waals surface area contributed by atoms with E-state index in [1.54, 1.807) is 6.92 Å². The number of nitrogens with two attached hydrogens (primary N) is 1. The van der Waals surface area contributed by atoms with Crippen LogP contribution in [0.2, 0.25) is 0 Å². The van der Waals surface area contributed by atoms with E-state index in [9.17, 15) is 9.59 Å². The highest BCUT2D eigenvalue weighted by molar-refractivity contribution is 8.00. The number of hydrogen-bond acceptors (Lipinski definition) is 8. The average Bonchev–Trinajstić information content (AvgIpc) is 2.80. The van der Waals surface area contributed by atoms with E-state index in [1.807, 2.05) is 6.92 Å². The van der Waals surface area contributed by atoms with E-state index >= 15 is 0 Å². The maximum atomic E-state index is 12.2. The third-order valence-corrected chi connectivity index (χ3v) is 4.42. The van der Waals surface area contributed by atoms with E-state index in [0.29, 0.717) is 16.7 Å². The Balaban J connectivity index is 2.08. The summed E-state index contributed by atoms with van der Waals surface area (Å²) in [6.07, 6.45) is 0.562. The van der Waals surface area contributed by atoms with Gasteiger partial charge in [0, 0.05) is 6.07 Å². The number of hydrogen-bond donors (Lipinski definition) is 3. The van der Waals surface area contributed by atoms with Gasteiger partial charge in [-0.05, 0) is 13.3 Å². The van der Waals surface area contributed by atoms with Gasteiger partial charge >= 0.3 is 0 Å². The van der Waals surface area contributed by atoms with Crippen LogP contribution < -0.4 is 16.6 Å². The Morgan fingerprint density at radius 3 is 2.90 bits per heavy atom. The minimum atomic E-state index is -0.417. The van der Waals surface area contributed by atoms with Crippen molar-refractivity contribution in [3.8, 4) is 0 Å². The fourth-order valence-corrected chi connectivity index (χ4v) is 3.01. The van der Waals surface area contributed by atoms with Gasteiger partial charge in [-0.3, -0.25) is 14.9 Å². The van der Waals surface area contributed by atoms with Crippen molar-refractivity contribution in [3.63, 3.8) is 0 Å². The molecule has 0 spiro atoms. The minimum Gasteiger partial charge on any atom is -0.383 e. The van der Waals surface area contributed by atoms with Crippen LogP contribution in [0.25, 0.3) is 0 Å². The number of nitrogen functional groups attached to an aromatic ring is 1. The highest BCUT2D eigenvalue weighted by Crippen LogP contribution is 2.24. The summed E-state index contributed by atoms with van der Waals surface area (Å²) >= 11 is 2.45. The Hall–Kier alpha value is -1.94. The van der Waals surface area contributed by atoms with Crippen LogP contribution in [-0.2, 0) is 4.79 Å². The average molecular weight is 326 g/mol. The lowest BCUT2D eigenvalue weighted by Crippen LogP contribution is -2.25. The van der Waals surface area contributed by atoms with Crippen LogP contribution in [0.1, 0.15) is 18.4 Å². The number of carbonyl (C=O) groups excluding carboxylic acids is 1. The first-order valence-electron chi connectivity index (χ1n) is 6.12. The third-order valence-electron chi connectivity index (χ3n) is 2.41. The Morgan fingerprint density at radius 2 is 2.33 bits per heavy atom. The van der Waals surface area contributed by atoms with Crippen molar-refractivity contribution >= 4 is 40.0 Å². The molecule has 0 unspecified atom stereocenters. The molecule has 2 aromatic rings. The lowest BCUT2D eigenvalue weighted by Gasteiger charge is -2.12. The van der Waals surface area contributed by atoms with Gasteiger partial charge in [0.05, 0.1) is 5.25 Å². The van der Waals surface area contributed by atoms with Crippen LogP contribution in [0.15, 0.2) is 16.0 Å². The van der Waals surface area contributed by atoms with E-state index in [1.165, 1.54) is 17.4 Å². The molecule has 21 heavy (non-hydrogen) atoms. The molecule has 0 aliphatic rings. The number of H-pyrrole nitrogens is 1. The lowest BCUT2D eigenvalue weighted by molar-refractivity contribution is -0.115. The molecule has 0 saturated heterocycles. The molecule has 0 radical (unpaired) electrons. The molecule has 2 rings (SSSR count). The van der Waals surface area contributed by atoms with Gasteiger partial charge in [-0.1, -0.05) is 30.0 Å². The molecule has 4 N–H and O–H groups in total. The first-order valence-corrected chi connectivity index (χ1v) is 7.82. The number of amides is 1. The van der Waals surface area contributed by atoms with Crippen molar-refractivity contribution in [2.45, 2.75) is 30.7 Å². The summed E-state index contributed by atoms with van der Waals surface area (Å²) in [6, 6.07) is 1.19. The van der Waals surface area contributed by atoms with Crippen molar-refractivity contribution in [2.24, 2.45) is 0 Å². The quantitative estimate of drug-likeness (QED) is 0.553. The highest BCUT2D eigenvalue weighted by Gasteiger charge is 2.20. The maximum Gasteiger partial charge on any atom is 0.253 e. The number of aromatic amines is 1. The zero-order valence-corrected chi connectivity index (χ0v) is 13.0. The summed E-state index contributed by atoms with van der Waals surface area (Å²) in [4.78, 5) is 30.1. The molecule has 1 atom stereocenters. The monoisotopic (exact) mass is 326 g/mol. The van der Waals surface area contributed by atoms with Crippen molar-refractivity contribution < 1.29 is 4.79 Å². The van der Waals surface area contributed by atoms with Crippen LogP contribution in [0.3, 0.4) is 0 Å². The normalized spacial score (nSPS) is 12.1. The van der Waals surface area contributed by atoms with Gasteiger partial charge in [-0.25, -0.2) is 4.98 Å². The molecule has 1 amide bonds. The highest BCUT2D eigenvalue weighted by atomic mass is 32.2. The van der Waals surface area contributed by atoms with E-state index in [2.05, 4.69) is 25.5 Å². The standard InChI is InChI=1S/C11H14N6O2S2/c1-3-6(9(19)15-11-17-16-5(2)20-11)21-10-13-7(12)4-8(18)14-10/h4,6H,3H2,1-2H3,(H,15,17,19)(H3,12,13,14,18)/t6-/m0/s1. The molecule has 0 aliphatic heterocycles. The predicted molar refractivity (Wildman–Crippen MR) is 82.5 cm³/mol. The second-order valence-corrected chi connectivity index (χ2v) is 6.48. The van der Waals surface area contributed by atoms with Gasteiger partial charge < -0.3 is 10.7 Å². The van der Waals surface area contributed by atoms with Crippen molar-refractivity contribution in [1.29, 1.82) is 0 Å². The number of nitrogens with one attached hydrogen (secondary N) is 2.